The average molecular weight is 754 g/mol. The SMILES string of the molecule is COC(=O)N([C@H](CCCCN)C(=O)N[C@@H](Cc1ccccc1)C(=O)N(C(=O)OCc1ccccc1)[C@H](CO)CCCCN)S(=O)(=O)c1ccc(C)cc1. The second-order valence-electron chi connectivity index (χ2n) is 12.5. The van der Waals surface area contributed by atoms with E-state index in [0.717, 1.165) is 17.6 Å². The van der Waals surface area contributed by atoms with Crippen LogP contribution in [0, 0.1) is 6.92 Å². The number of sulfonamides is 1. The Balaban J connectivity index is 2.09. The van der Waals surface area contributed by atoms with Gasteiger partial charge in [-0.15, -0.1) is 0 Å². The van der Waals surface area contributed by atoms with Crippen LogP contribution in [0.1, 0.15) is 55.2 Å². The van der Waals surface area contributed by atoms with Gasteiger partial charge in [0.1, 0.15) is 18.7 Å². The van der Waals surface area contributed by atoms with Gasteiger partial charge in [-0.2, -0.15) is 4.31 Å². The third kappa shape index (κ3) is 12.4. The maximum atomic E-state index is 14.6. The Morgan fingerprint density at radius 2 is 1.36 bits per heavy atom. The van der Waals surface area contributed by atoms with Gasteiger partial charge in [0.2, 0.25) is 5.91 Å². The van der Waals surface area contributed by atoms with Crippen LogP contribution in [0.3, 0.4) is 0 Å². The lowest BCUT2D eigenvalue weighted by Crippen LogP contribution is -2.59. The van der Waals surface area contributed by atoms with Crippen LogP contribution in [0.25, 0.3) is 0 Å². The molecule has 3 atom stereocenters. The molecule has 0 bridgehead atoms. The number of aliphatic hydroxyl groups is 1. The van der Waals surface area contributed by atoms with E-state index < -0.39 is 58.8 Å². The quantitative estimate of drug-likeness (QED) is 0.122. The van der Waals surface area contributed by atoms with Gasteiger partial charge in [0.15, 0.2) is 0 Å². The van der Waals surface area contributed by atoms with E-state index in [1.807, 2.05) is 0 Å². The van der Waals surface area contributed by atoms with E-state index in [1.54, 1.807) is 79.7 Å². The summed E-state index contributed by atoms with van der Waals surface area (Å²) in [6.07, 6.45) is -0.771. The molecule has 3 aromatic rings. The Morgan fingerprint density at radius 3 is 1.91 bits per heavy atom. The van der Waals surface area contributed by atoms with Crippen LogP contribution < -0.4 is 16.8 Å². The second kappa shape index (κ2) is 21.6. The van der Waals surface area contributed by atoms with Gasteiger partial charge in [-0.1, -0.05) is 84.8 Å². The molecular weight excluding hydrogens is 703 g/mol. The van der Waals surface area contributed by atoms with E-state index in [4.69, 9.17) is 20.9 Å². The van der Waals surface area contributed by atoms with Crippen LogP contribution in [-0.2, 0) is 42.1 Å². The molecule has 0 heterocycles. The number of nitrogens with one attached hydrogen (secondary N) is 1. The van der Waals surface area contributed by atoms with Gasteiger partial charge < -0.3 is 31.4 Å². The zero-order chi connectivity index (χ0) is 38.8. The molecule has 4 amide bonds. The number of unbranched alkanes of at least 4 members (excludes halogenated alkanes) is 2. The minimum Gasteiger partial charge on any atom is -0.452 e. The number of carbonyl (C=O) groups excluding carboxylic acids is 4. The van der Waals surface area contributed by atoms with Crippen molar-refractivity contribution in [1.29, 1.82) is 0 Å². The van der Waals surface area contributed by atoms with Crippen molar-refractivity contribution in [3.63, 3.8) is 0 Å². The Morgan fingerprint density at radius 1 is 0.792 bits per heavy atom. The summed E-state index contributed by atoms with van der Waals surface area (Å²) < 4.78 is 38.9. The molecule has 15 heteroatoms. The fourth-order valence-electron chi connectivity index (χ4n) is 5.66. The predicted octanol–water partition coefficient (Wildman–Crippen LogP) is 3.63. The molecule has 0 aliphatic carbocycles. The number of ether oxygens (including phenoxy) is 2. The third-order valence-electron chi connectivity index (χ3n) is 8.55. The van der Waals surface area contributed by atoms with Crippen LogP contribution in [0.4, 0.5) is 9.59 Å². The van der Waals surface area contributed by atoms with E-state index in [9.17, 15) is 32.7 Å². The van der Waals surface area contributed by atoms with E-state index in [-0.39, 0.29) is 43.7 Å². The minimum atomic E-state index is -4.67. The first-order chi connectivity index (χ1) is 25.5. The van der Waals surface area contributed by atoms with Crippen molar-refractivity contribution in [3.8, 4) is 0 Å². The first kappa shape index (κ1) is 42.6. The van der Waals surface area contributed by atoms with E-state index in [1.165, 1.54) is 12.1 Å². The molecule has 6 N–H and O–H groups in total. The fourth-order valence-corrected chi connectivity index (χ4v) is 7.18. The number of hydrogen-bond donors (Lipinski definition) is 4. The zero-order valence-electron chi connectivity index (χ0n) is 30.3. The van der Waals surface area contributed by atoms with Crippen molar-refractivity contribution in [1.82, 2.24) is 14.5 Å². The summed E-state index contributed by atoms with van der Waals surface area (Å²) in [5, 5.41) is 13.1. The number of aliphatic hydroxyl groups excluding tert-OH is 1. The Labute approximate surface area is 311 Å². The van der Waals surface area contributed by atoms with Crippen molar-refractivity contribution >= 4 is 34.0 Å². The maximum absolute atomic E-state index is 14.6. The summed E-state index contributed by atoms with van der Waals surface area (Å²) in [5.74, 6) is -1.89. The topological polar surface area (TPSA) is 212 Å². The number of nitrogens with zero attached hydrogens (tertiary/aromatic N) is 2. The first-order valence-electron chi connectivity index (χ1n) is 17.6. The highest BCUT2D eigenvalue weighted by Gasteiger charge is 2.43. The number of hydrogen-bond acceptors (Lipinski definition) is 11. The lowest BCUT2D eigenvalue weighted by Gasteiger charge is -2.33. The molecule has 0 fully saturated rings. The predicted molar refractivity (Wildman–Crippen MR) is 199 cm³/mol. The molecule has 0 saturated heterocycles. The summed E-state index contributed by atoms with van der Waals surface area (Å²) in [6, 6.07) is 19.0. The van der Waals surface area contributed by atoms with Gasteiger partial charge in [0.25, 0.3) is 15.9 Å². The lowest BCUT2D eigenvalue weighted by atomic mass is 10.0. The molecule has 3 rings (SSSR count). The van der Waals surface area contributed by atoms with Crippen LogP contribution in [0.15, 0.2) is 89.8 Å². The Kier molecular flexibility index (Phi) is 17.4. The third-order valence-corrected chi connectivity index (χ3v) is 10.3. The number of rotatable bonds is 20. The minimum absolute atomic E-state index is 0.132. The normalized spacial score (nSPS) is 12.9. The molecule has 14 nitrogen and oxygen atoms in total. The lowest BCUT2D eigenvalue weighted by molar-refractivity contribution is -0.138. The van der Waals surface area contributed by atoms with Crippen molar-refractivity contribution in [2.24, 2.45) is 11.5 Å². The number of aryl methyl sites for hydroxylation is 1. The largest absolute Gasteiger partial charge is 0.452 e. The Hall–Kier alpha value is -4.83. The van der Waals surface area contributed by atoms with Gasteiger partial charge in [-0.3, -0.25) is 9.59 Å². The van der Waals surface area contributed by atoms with Crippen molar-refractivity contribution < 1.29 is 42.2 Å². The van der Waals surface area contributed by atoms with Gasteiger partial charge in [-0.05, 0) is 75.4 Å². The van der Waals surface area contributed by atoms with Crippen molar-refractivity contribution in [2.75, 3.05) is 26.8 Å². The zero-order valence-corrected chi connectivity index (χ0v) is 31.1. The number of imide groups is 1. The molecule has 0 aromatic heterocycles. The van der Waals surface area contributed by atoms with E-state index >= 15 is 0 Å². The fraction of sp³-hybridized carbons (Fsp3) is 0.421. The van der Waals surface area contributed by atoms with Crippen molar-refractivity contribution in [2.45, 2.75) is 81.5 Å². The van der Waals surface area contributed by atoms with E-state index in [0.29, 0.717) is 41.2 Å². The molecule has 0 aliphatic rings. The van der Waals surface area contributed by atoms with Crippen LogP contribution in [0.5, 0.6) is 0 Å². The Bertz CT molecular complexity index is 1710. The number of methoxy groups -OCH3 is 1. The standard InChI is InChI=1S/C38H51N5O9S/c1-28-19-21-32(22-20-28)53(49,50)43(38(48)51-2)34(18-10-12-24-40)35(45)41-33(25-29-13-5-3-6-14-29)36(46)42(31(26-44)17-9-11-23-39)37(47)52-27-30-15-7-4-8-16-30/h3-8,13-16,19-22,31,33-34,44H,9-12,17-18,23-27,39-40H2,1-2H3,(H,41,45)/t31-,33-,34+/m0/s1. The van der Waals surface area contributed by atoms with Gasteiger partial charge >= 0.3 is 12.2 Å². The summed E-state index contributed by atoms with van der Waals surface area (Å²) in [4.78, 5) is 56.6. The first-order valence-corrected chi connectivity index (χ1v) is 19.0. The number of carbonyl (C=O) groups is 4. The number of amides is 4. The van der Waals surface area contributed by atoms with Crippen LogP contribution >= 0.6 is 0 Å². The highest BCUT2D eigenvalue weighted by atomic mass is 32.2. The highest BCUT2D eigenvalue weighted by Crippen LogP contribution is 2.24. The van der Waals surface area contributed by atoms with Gasteiger partial charge in [-0.25, -0.2) is 22.9 Å². The van der Waals surface area contributed by atoms with Crippen molar-refractivity contribution in [3.05, 3.63) is 102 Å². The summed E-state index contributed by atoms with van der Waals surface area (Å²) in [5.41, 5.74) is 13.4. The number of nitrogens with two attached hydrogens (primary N) is 2. The number of benzene rings is 3. The molecule has 0 unspecified atom stereocenters. The molecule has 0 saturated carbocycles. The molecule has 0 radical (unpaired) electrons. The monoisotopic (exact) mass is 753 g/mol. The summed E-state index contributed by atoms with van der Waals surface area (Å²) in [6.45, 7) is 1.58. The molecule has 3 aromatic carbocycles. The average Bonchev–Trinajstić information content (AvgIpc) is 3.16. The summed E-state index contributed by atoms with van der Waals surface area (Å²) >= 11 is 0. The highest BCUT2D eigenvalue weighted by molar-refractivity contribution is 7.89. The molecule has 288 valence electrons. The summed E-state index contributed by atoms with van der Waals surface area (Å²) in [7, 11) is -3.67. The molecule has 0 aliphatic heterocycles. The molecular formula is C38H51N5O9S. The van der Waals surface area contributed by atoms with E-state index in [2.05, 4.69) is 5.32 Å². The van der Waals surface area contributed by atoms with Gasteiger partial charge in [0, 0.05) is 6.42 Å². The second-order valence-corrected chi connectivity index (χ2v) is 14.3. The maximum Gasteiger partial charge on any atom is 0.424 e. The smallest absolute Gasteiger partial charge is 0.424 e. The van der Waals surface area contributed by atoms with Crippen LogP contribution in [-0.4, -0.2) is 91.7 Å². The van der Waals surface area contributed by atoms with Crippen LogP contribution in [0.2, 0.25) is 0 Å². The van der Waals surface area contributed by atoms with Gasteiger partial charge in [0.05, 0.1) is 24.7 Å². The molecule has 0 spiro atoms. The molecule has 53 heavy (non-hydrogen) atoms.